The van der Waals surface area contributed by atoms with Gasteiger partial charge in [0.15, 0.2) is 0 Å². The largest absolute Gasteiger partial charge is 0.381 e. The first-order chi connectivity index (χ1) is 9.29. The van der Waals surface area contributed by atoms with Crippen LogP contribution in [0, 0.1) is 5.92 Å². The topological polar surface area (TPSA) is 21.7 Å². The van der Waals surface area contributed by atoms with Crippen LogP contribution >= 0.6 is 0 Å². The number of nitrogens with zero attached hydrogens (tertiary/aromatic N) is 1. The molecule has 3 nitrogen and oxygen atoms in total. The van der Waals surface area contributed by atoms with Crippen LogP contribution in [0.25, 0.3) is 0 Å². The van der Waals surface area contributed by atoms with Crippen LogP contribution in [0.1, 0.15) is 60.3 Å². The molecule has 4 atom stereocenters. The highest BCUT2D eigenvalue weighted by molar-refractivity contribution is 5.11. The van der Waals surface area contributed by atoms with Crippen molar-refractivity contribution in [3.63, 3.8) is 0 Å². The molecular weight excluding hydrogens is 250 g/mol. The molecule has 2 fully saturated rings. The van der Waals surface area contributed by atoms with Gasteiger partial charge in [-0.15, -0.1) is 0 Å². The van der Waals surface area contributed by atoms with Crippen LogP contribution in [0.5, 0.6) is 0 Å². The normalized spacial score (nSPS) is 39.5. The molecule has 2 bridgehead atoms. The number of ether oxygens (including phenoxy) is 2. The molecule has 0 amide bonds. The number of rotatable bonds is 6. The molecule has 0 aromatic heterocycles. The van der Waals surface area contributed by atoms with E-state index >= 15 is 0 Å². The van der Waals surface area contributed by atoms with E-state index < -0.39 is 0 Å². The molecule has 0 aromatic rings. The number of hydrogen-bond acceptors (Lipinski definition) is 3. The second-order valence-electron chi connectivity index (χ2n) is 7.86. The highest BCUT2D eigenvalue weighted by atomic mass is 16.5. The zero-order valence-electron chi connectivity index (χ0n) is 14.2. The van der Waals surface area contributed by atoms with Gasteiger partial charge >= 0.3 is 0 Å². The van der Waals surface area contributed by atoms with Crippen molar-refractivity contribution in [3.8, 4) is 0 Å². The smallest absolute Gasteiger partial charge is 0.0606 e. The van der Waals surface area contributed by atoms with Crippen molar-refractivity contribution in [2.75, 3.05) is 20.3 Å². The predicted molar refractivity (Wildman–Crippen MR) is 83.0 cm³/mol. The van der Waals surface area contributed by atoms with Crippen LogP contribution in [0.15, 0.2) is 0 Å². The van der Waals surface area contributed by atoms with Gasteiger partial charge in [-0.25, -0.2) is 0 Å². The lowest BCUT2D eigenvalue weighted by atomic mass is 9.83. The second kappa shape index (κ2) is 5.94. The number of methoxy groups -OCH3 is 1. The van der Waals surface area contributed by atoms with E-state index in [0.29, 0.717) is 29.2 Å². The fourth-order valence-corrected chi connectivity index (χ4v) is 4.27. The van der Waals surface area contributed by atoms with Gasteiger partial charge in [0.25, 0.3) is 0 Å². The minimum Gasteiger partial charge on any atom is -0.381 e. The van der Waals surface area contributed by atoms with Gasteiger partial charge in [0.05, 0.1) is 18.8 Å². The van der Waals surface area contributed by atoms with Gasteiger partial charge < -0.3 is 9.47 Å². The van der Waals surface area contributed by atoms with E-state index in [1.54, 1.807) is 0 Å². The van der Waals surface area contributed by atoms with Gasteiger partial charge in [0.1, 0.15) is 0 Å². The Kier molecular flexibility index (Phi) is 4.83. The van der Waals surface area contributed by atoms with Gasteiger partial charge in [0.2, 0.25) is 0 Å². The molecule has 2 saturated heterocycles. The summed E-state index contributed by atoms with van der Waals surface area (Å²) in [5, 5.41) is 0. The molecular formula is C17H33NO2. The molecule has 0 aromatic carbocycles. The summed E-state index contributed by atoms with van der Waals surface area (Å²) in [6.07, 6.45) is 5.74. The quantitative estimate of drug-likeness (QED) is 0.745. The third-order valence-electron chi connectivity index (χ3n) is 5.38. The van der Waals surface area contributed by atoms with Crippen LogP contribution in [0.4, 0.5) is 0 Å². The SMILES string of the molecule is COC1C[C@]2(C)CC[C@](C)(C1)N2C[C@@H](C)COC(C)C. The zero-order chi connectivity index (χ0) is 15.0. The summed E-state index contributed by atoms with van der Waals surface area (Å²) < 4.78 is 11.5. The van der Waals surface area contributed by atoms with Crippen LogP contribution in [-0.2, 0) is 9.47 Å². The average molecular weight is 283 g/mol. The average Bonchev–Trinajstić information content (AvgIpc) is 2.53. The summed E-state index contributed by atoms with van der Waals surface area (Å²) in [7, 11) is 1.87. The standard InChI is InChI=1S/C17H33NO2/c1-13(2)20-12-14(3)11-18-16(4)7-8-17(18,5)10-15(9-16)19-6/h13-15H,7-12H2,1-6H3/t14-,15?,16-,17+/m1/s1. The maximum absolute atomic E-state index is 5.79. The summed E-state index contributed by atoms with van der Waals surface area (Å²) >= 11 is 0. The van der Waals surface area contributed by atoms with Gasteiger partial charge in [-0.2, -0.15) is 0 Å². The van der Waals surface area contributed by atoms with Crippen molar-refractivity contribution in [2.24, 2.45) is 5.92 Å². The van der Waals surface area contributed by atoms with E-state index in [0.717, 1.165) is 13.2 Å². The van der Waals surface area contributed by atoms with E-state index in [-0.39, 0.29) is 0 Å². The Labute approximate surface area is 125 Å². The summed E-state index contributed by atoms with van der Waals surface area (Å²) in [5.41, 5.74) is 0.638. The van der Waals surface area contributed by atoms with Crippen LogP contribution in [0.3, 0.4) is 0 Å². The lowest BCUT2D eigenvalue weighted by Gasteiger charge is -2.51. The minimum atomic E-state index is 0.319. The van der Waals surface area contributed by atoms with Gasteiger partial charge in [-0.1, -0.05) is 6.92 Å². The second-order valence-corrected chi connectivity index (χ2v) is 7.86. The van der Waals surface area contributed by atoms with Crippen molar-refractivity contribution in [1.29, 1.82) is 0 Å². The maximum Gasteiger partial charge on any atom is 0.0606 e. The first-order valence-corrected chi connectivity index (χ1v) is 8.21. The Bertz CT molecular complexity index is 313. The van der Waals surface area contributed by atoms with Gasteiger partial charge in [0, 0.05) is 24.7 Å². The lowest BCUT2D eigenvalue weighted by molar-refractivity contribution is -0.0781. The molecule has 0 saturated carbocycles. The monoisotopic (exact) mass is 283 g/mol. The molecule has 0 radical (unpaired) electrons. The minimum absolute atomic E-state index is 0.319. The molecule has 2 rings (SSSR count). The van der Waals surface area contributed by atoms with Crippen LogP contribution in [0.2, 0.25) is 0 Å². The molecule has 0 spiro atoms. The highest BCUT2D eigenvalue weighted by Crippen LogP contribution is 2.51. The van der Waals surface area contributed by atoms with E-state index in [2.05, 4.69) is 39.5 Å². The summed E-state index contributed by atoms with van der Waals surface area (Å²) in [6.45, 7) is 13.4. The van der Waals surface area contributed by atoms with Crippen LogP contribution in [-0.4, -0.2) is 48.4 Å². The first-order valence-electron chi connectivity index (χ1n) is 8.21. The van der Waals surface area contributed by atoms with E-state index in [9.17, 15) is 0 Å². The molecule has 0 N–H and O–H groups in total. The highest BCUT2D eigenvalue weighted by Gasteiger charge is 2.55. The predicted octanol–water partition coefficient (Wildman–Crippen LogP) is 3.47. The number of hydrogen-bond donors (Lipinski definition) is 0. The van der Waals surface area contributed by atoms with Crippen molar-refractivity contribution < 1.29 is 9.47 Å². The summed E-state index contributed by atoms with van der Waals surface area (Å²) in [6, 6.07) is 0. The van der Waals surface area contributed by atoms with Crippen molar-refractivity contribution in [2.45, 2.75) is 83.6 Å². The molecule has 2 aliphatic rings. The Hall–Kier alpha value is -0.120. The van der Waals surface area contributed by atoms with E-state index in [1.165, 1.54) is 25.7 Å². The fourth-order valence-electron chi connectivity index (χ4n) is 4.27. The number of fused-ring (bicyclic) bond motifs is 2. The molecule has 2 heterocycles. The zero-order valence-corrected chi connectivity index (χ0v) is 14.2. The Morgan fingerprint density at radius 1 is 1.10 bits per heavy atom. The Balaban J connectivity index is 2.01. The van der Waals surface area contributed by atoms with E-state index in [4.69, 9.17) is 9.47 Å². The molecule has 2 aliphatic heterocycles. The molecule has 3 heteroatoms. The third-order valence-corrected chi connectivity index (χ3v) is 5.38. The van der Waals surface area contributed by atoms with Gasteiger partial charge in [-0.3, -0.25) is 4.90 Å². The molecule has 1 unspecified atom stereocenters. The summed E-state index contributed by atoms with van der Waals surface area (Å²) in [4.78, 5) is 2.77. The first kappa shape index (κ1) is 16.3. The van der Waals surface area contributed by atoms with Crippen LogP contribution < -0.4 is 0 Å². The van der Waals surface area contributed by atoms with Crippen molar-refractivity contribution in [3.05, 3.63) is 0 Å². The maximum atomic E-state index is 5.79. The molecule has 20 heavy (non-hydrogen) atoms. The van der Waals surface area contributed by atoms with Crippen molar-refractivity contribution in [1.82, 2.24) is 4.90 Å². The Morgan fingerprint density at radius 3 is 2.10 bits per heavy atom. The molecule has 0 aliphatic carbocycles. The Morgan fingerprint density at radius 2 is 1.65 bits per heavy atom. The fraction of sp³-hybridized carbons (Fsp3) is 1.00. The third kappa shape index (κ3) is 3.20. The summed E-state index contributed by atoms with van der Waals surface area (Å²) in [5.74, 6) is 0.591. The van der Waals surface area contributed by atoms with Crippen molar-refractivity contribution >= 4 is 0 Å². The number of piperidine rings is 1. The van der Waals surface area contributed by atoms with E-state index in [1.807, 2.05) is 7.11 Å². The molecule has 118 valence electrons. The lowest BCUT2D eigenvalue weighted by Crippen LogP contribution is -2.59. The van der Waals surface area contributed by atoms with Gasteiger partial charge in [-0.05, 0) is 59.3 Å².